The molecular weight excluding hydrogens is 518 g/mol. The van der Waals surface area contributed by atoms with Gasteiger partial charge in [-0.1, -0.05) is 69.5 Å². The van der Waals surface area contributed by atoms with Crippen LogP contribution in [0.1, 0.15) is 30.9 Å². The summed E-state index contributed by atoms with van der Waals surface area (Å²) in [4.78, 5) is 2.32. The molecule has 0 spiro atoms. The molecule has 0 unspecified atom stereocenters. The lowest BCUT2D eigenvalue weighted by Gasteiger charge is -2.25. The van der Waals surface area contributed by atoms with Gasteiger partial charge in [-0.2, -0.15) is 0 Å². The topological polar surface area (TPSA) is 43.7 Å². The number of halogens is 2. The molecule has 0 aromatic heterocycles. The number of hydrogen-bond donors (Lipinski definition) is 2. The zero-order valence-electron chi connectivity index (χ0n) is 17.4. The average Bonchev–Trinajstić information content (AvgIpc) is 2.75. The van der Waals surface area contributed by atoms with E-state index in [9.17, 15) is 10.2 Å². The first-order valence-electron chi connectivity index (χ1n) is 10.5. The predicted molar refractivity (Wildman–Crippen MR) is 136 cm³/mol. The highest BCUT2D eigenvalue weighted by molar-refractivity contribution is 9.10. The fourth-order valence-corrected chi connectivity index (χ4v) is 4.84. The third kappa shape index (κ3) is 4.89. The fraction of sp³-hybridized carbons (Fsp3) is 0.231. The number of fused-ring (bicyclic) bond motifs is 2. The van der Waals surface area contributed by atoms with Crippen LogP contribution in [-0.4, -0.2) is 21.7 Å². The Morgan fingerprint density at radius 2 is 1.19 bits per heavy atom. The molecule has 4 aromatic carbocycles. The van der Waals surface area contributed by atoms with Crippen molar-refractivity contribution in [2.24, 2.45) is 0 Å². The van der Waals surface area contributed by atoms with E-state index in [1.54, 1.807) is 12.1 Å². The van der Waals surface area contributed by atoms with Gasteiger partial charge >= 0.3 is 0 Å². The lowest BCUT2D eigenvalue weighted by molar-refractivity contribution is 0.248. The normalized spacial score (nSPS) is 11.6. The van der Waals surface area contributed by atoms with E-state index < -0.39 is 0 Å². The van der Waals surface area contributed by atoms with Crippen molar-refractivity contribution >= 4 is 53.4 Å². The molecule has 0 heterocycles. The Bertz CT molecular complexity index is 1150. The van der Waals surface area contributed by atoms with Gasteiger partial charge in [-0.05, 0) is 70.9 Å². The molecule has 4 rings (SSSR count). The zero-order valence-corrected chi connectivity index (χ0v) is 20.6. The molecule has 0 amide bonds. The van der Waals surface area contributed by atoms with Crippen molar-refractivity contribution in [3.05, 3.63) is 80.7 Å². The summed E-state index contributed by atoms with van der Waals surface area (Å²) in [5.74, 6) is 0.616. The Morgan fingerprint density at radius 1 is 0.710 bits per heavy atom. The number of phenols is 2. The van der Waals surface area contributed by atoms with Gasteiger partial charge in [0.15, 0.2) is 0 Å². The van der Waals surface area contributed by atoms with Crippen LogP contribution in [0.2, 0.25) is 0 Å². The summed E-state index contributed by atoms with van der Waals surface area (Å²) in [5, 5.41) is 25.7. The summed E-state index contributed by atoms with van der Waals surface area (Å²) in [6.45, 7) is 4.28. The molecule has 0 aliphatic rings. The quantitative estimate of drug-likeness (QED) is 0.251. The number of phenolic OH excluding ortho intramolecular Hbond substituents is 2. The third-order valence-corrected chi connectivity index (χ3v) is 6.72. The maximum atomic E-state index is 10.7. The summed E-state index contributed by atoms with van der Waals surface area (Å²) in [7, 11) is 0. The van der Waals surface area contributed by atoms with Crippen LogP contribution in [0.3, 0.4) is 0 Å². The summed E-state index contributed by atoms with van der Waals surface area (Å²) >= 11 is 7.07. The molecule has 0 radical (unpaired) electrons. The molecule has 0 fully saturated rings. The van der Waals surface area contributed by atoms with Crippen molar-refractivity contribution in [2.45, 2.75) is 32.9 Å². The lowest BCUT2D eigenvalue weighted by atomic mass is 10.0. The Kier molecular flexibility index (Phi) is 6.85. The number of aromatic hydroxyl groups is 2. The number of hydrogen-bond acceptors (Lipinski definition) is 3. The van der Waals surface area contributed by atoms with Gasteiger partial charge in [0.2, 0.25) is 0 Å². The zero-order chi connectivity index (χ0) is 22.0. The van der Waals surface area contributed by atoms with Crippen molar-refractivity contribution in [1.29, 1.82) is 0 Å². The van der Waals surface area contributed by atoms with E-state index in [1.165, 1.54) is 0 Å². The summed E-state index contributed by atoms with van der Waals surface area (Å²) < 4.78 is 2.04. The average molecular weight is 543 g/mol. The van der Waals surface area contributed by atoms with Gasteiger partial charge in [0.05, 0.1) is 0 Å². The maximum Gasteiger partial charge on any atom is 0.120 e. The number of nitrogens with zero attached hydrogens (tertiary/aromatic N) is 1. The van der Waals surface area contributed by atoms with Gasteiger partial charge in [-0.3, -0.25) is 4.90 Å². The molecule has 0 saturated heterocycles. The predicted octanol–water partition coefficient (Wildman–Crippen LogP) is 7.73. The number of benzene rings is 4. The number of rotatable bonds is 7. The van der Waals surface area contributed by atoms with Crippen LogP contribution < -0.4 is 0 Å². The first-order valence-corrected chi connectivity index (χ1v) is 12.1. The highest BCUT2D eigenvalue weighted by atomic mass is 79.9. The van der Waals surface area contributed by atoms with E-state index in [-0.39, 0.29) is 0 Å². The molecule has 31 heavy (non-hydrogen) atoms. The van der Waals surface area contributed by atoms with Crippen molar-refractivity contribution in [2.75, 3.05) is 6.54 Å². The maximum absolute atomic E-state index is 10.7. The SMILES string of the molecule is CCCCN(Cc1c(O)ccc2cc(Br)ccc12)Cc1c(O)ccc2cc(Br)ccc12. The molecular formula is C26H25Br2NO2. The minimum absolute atomic E-state index is 0.308. The minimum Gasteiger partial charge on any atom is -0.508 e. The smallest absolute Gasteiger partial charge is 0.120 e. The van der Waals surface area contributed by atoms with Crippen LogP contribution in [0.25, 0.3) is 21.5 Å². The highest BCUT2D eigenvalue weighted by Crippen LogP contribution is 2.33. The Hall–Kier alpha value is -2.08. The minimum atomic E-state index is 0.308. The largest absolute Gasteiger partial charge is 0.508 e. The third-order valence-electron chi connectivity index (χ3n) is 5.73. The number of unbranched alkanes of at least 4 members (excludes halogenated alkanes) is 1. The highest BCUT2D eigenvalue weighted by Gasteiger charge is 2.16. The van der Waals surface area contributed by atoms with Gasteiger partial charge in [0.1, 0.15) is 11.5 Å². The standard InChI is InChI=1S/C26H25Br2NO2/c1-2-3-12-29(15-23-21-8-6-19(27)13-17(21)4-10-25(23)30)16-24-22-9-7-20(28)14-18(22)5-11-26(24)31/h4-11,13-14,30-31H,2-3,12,15-16H2,1H3. The Morgan fingerprint density at radius 3 is 1.65 bits per heavy atom. The van der Waals surface area contributed by atoms with Crippen LogP contribution in [0.15, 0.2) is 69.6 Å². The van der Waals surface area contributed by atoms with E-state index in [1.807, 2.05) is 24.3 Å². The van der Waals surface area contributed by atoms with Crippen molar-refractivity contribution in [3.8, 4) is 11.5 Å². The molecule has 4 aromatic rings. The Balaban J connectivity index is 1.73. The fourth-order valence-electron chi connectivity index (χ4n) is 4.08. The van der Waals surface area contributed by atoms with Crippen LogP contribution in [0.5, 0.6) is 11.5 Å². The summed E-state index contributed by atoms with van der Waals surface area (Å²) in [6, 6.07) is 19.7. The molecule has 0 aliphatic carbocycles. The molecule has 0 aliphatic heterocycles. The van der Waals surface area contributed by atoms with Crippen molar-refractivity contribution in [1.82, 2.24) is 4.90 Å². The van der Waals surface area contributed by atoms with Gasteiger partial charge in [0.25, 0.3) is 0 Å². The summed E-state index contributed by atoms with van der Waals surface area (Å²) in [6.07, 6.45) is 2.13. The van der Waals surface area contributed by atoms with Gasteiger partial charge in [0, 0.05) is 33.2 Å². The first kappa shape index (κ1) is 22.1. The van der Waals surface area contributed by atoms with Crippen molar-refractivity contribution < 1.29 is 10.2 Å². The first-order chi connectivity index (χ1) is 15.0. The van der Waals surface area contributed by atoms with E-state index in [2.05, 4.69) is 67.9 Å². The molecule has 3 nitrogen and oxygen atoms in total. The second kappa shape index (κ2) is 9.60. The Labute approximate surface area is 199 Å². The van der Waals surface area contributed by atoms with Crippen LogP contribution in [0.4, 0.5) is 0 Å². The summed E-state index contributed by atoms with van der Waals surface area (Å²) in [5.41, 5.74) is 1.84. The lowest BCUT2D eigenvalue weighted by Crippen LogP contribution is -2.24. The molecule has 5 heteroatoms. The van der Waals surface area contributed by atoms with E-state index in [0.717, 1.165) is 61.0 Å². The van der Waals surface area contributed by atoms with Gasteiger partial charge in [-0.15, -0.1) is 0 Å². The van der Waals surface area contributed by atoms with E-state index >= 15 is 0 Å². The van der Waals surface area contributed by atoms with Crippen molar-refractivity contribution in [3.63, 3.8) is 0 Å². The van der Waals surface area contributed by atoms with Crippen LogP contribution in [-0.2, 0) is 13.1 Å². The van der Waals surface area contributed by atoms with Gasteiger partial charge < -0.3 is 10.2 Å². The second-order valence-corrected chi connectivity index (χ2v) is 9.75. The molecule has 0 saturated carbocycles. The molecule has 160 valence electrons. The molecule has 2 N–H and O–H groups in total. The monoisotopic (exact) mass is 541 g/mol. The second-order valence-electron chi connectivity index (χ2n) is 7.92. The van der Waals surface area contributed by atoms with Crippen LogP contribution in [0, 0.1) is 0 Å². The van der Waals surface area contributed by atoms with E-state index in [4.69, 9.17) is 0 Å². The van der Waals surface area contributed by atoms with Crippen LogP contribution >= 0.6 is 31.9 Å². The molecule has 0 bridgehead atoms. The van der Waals surface area contributed by atoms with E-state index in [0.29, 0.717) is 24.6 Å². The van der Waals surface area contributed by atoms with Gasteiger partial charge in [-0.25, -0.2) is 0 Å². The molecule has 0 atom stereocenters.